The van der Waals surface area contributed by atoms with E-state index in [0.29, 0.717) is 6.54 Å². The van der Waals surface area contributed by atoms with Crippen LogP contribution in [0.2, 0.25) is 0 Å². The summed E-state index contributed by atoms with van der Waals surface area (Å²) in [6.07, 6.45) is 5.19. The first-order chi connectivity index (χ1) is 8.84. The second kappa shape index (κ2) is 4.68. The van der Waals surface area contributed by atoms with Crippen molar-refractivity contribution in [3.63, 3.8) is 0 Å². The molecule has 1 aliphatic carbocycles. The van der Waals surface area contributed by atoms with Crippen molar-refractivity contribution < 1.29 is 14.7 Å². The maximum atomic E-state index is 12.1. The summed E-state index contributed by atoms with van der Waals surface area (Å²) in [5, 5.41) is 11.9. The molecule has 0 radical (unpaired) electrons. The molecule has 0 aromatic carbocycles. The smallest absolute Gasteiger partial charge is 0.307 e. The van der Waals surface area contributed by atoms with Gasteiger partial charge in [-0.2, -0.15) is 0 Å². The second-order valence-electron chi connectivity index (χ2n) is 5.78. The van der Waals surface area contributed by atoms with Gasteiger partial charge in [0, 0.05) is 25.0 Å². The molecular formula is C13H19N3O3. The van der Waals surface area contributed by atoms with Crippen LogP contribution in [0.4, 0.5) is 0 Å². The van der Waals surface area contributed by atoms with Gasteiger partial charge in [0.2, 0.25) is 5.91 Å². The van der Waals surface area contributed by atoms with E-state index in [1.165, 1.54) is 0 Å². The predicted octanol–water partition coefficient (Wildman–Crippen LogP) is 0.745. The molecule has 1 heterocycles. The highest BCUT2D eigenvalue weighted by atomic mass is 16.4. The quantitative estimate of drug-likeness (QED) is 0.822. The lowest BCUT2D eigenvalue weighted by Gasteiger charge is -2.14. The Bertz CT molecular complexity index is 481. The maximum absolute atomic E-state index is 12.1. The van der Waals surface area contributed by atoms with Crippen molar-refractivity contribution in [2.24, 2.45) is 17.3 Å². The molecule has 0 saturated heterocycles. The highest BCUT2D eigenvalue weighted by Gasteiger charge is 2.65. The van der Waals surface area contributed by atoms with Gasteiger partial charge >= 0.3 is 5.97 Å². The summed E-state index contributed by atoms with van der Waals surface area (Å²) < 4.78 is 1.87. The standard InChI is InChI=1S/C13H19N3O3/c1-8(6-16-5-4-14-7-16)15-11(17)9-10(12(18)19)13(9,2)3/h4-5,7-10H,6H2,1-3H3,(H,15,17)(H,18,19). The van der Waals surface area contributed by atoms with Crippen molar-refractivity contribution in [3.8, 4) is 0 Å². The van der Waals surface area contributed by atoms with E-state index in [1.54, 1.807) is 12.5 Å². The minimum atomic E-state index is -0.896. The second-order valence-corrected chi connectivity index (χ2v) is 5.78. The van der Waals surface area contributed by atoms with Gasteiger partial charge in [0.15, 0.2) is 0 Å². The molecule has 1 fully saturated rings. The van der Waals surface area contributed by atoms with Crippen LogP contribution >= 0.6 is 0 Å². The first kappa shape index (κ1) is 13.6. The number of carbonyl (C=O) groups is 2. The molecule has 2 N–H and O–H groups in total. The SMILES string of the molecule is CC(Cn1ccnc1)NC(=O)C1C(C(=O)O)C1(C)C. The summed E-state index contributed by atoms with van der Waals surface area (Å²) in [5.41, 5.74) is -0.454. The summed E-state index contributed by atoms with van der Waals surface area (Å²) in [7, 11) is 0. The number of hydrogen-bond donors (Lipinski definition) is 2. The number of nitrogens with one attached hydrogen (secondary N) is 1. The zero-order valence-electron chi connectivity index (χ0n) is 11.3. The van der Waals surface area contributed by atoms with Crippen molar-refractivity contribution in [2.75, 3.05) is 0 Å². The summed E-state index contributed by atoms with van der Waals surface area (Å²) in [4.78, 5) is 27.0. The summed E-state index contributed by atoms with van der Waals surface area (Å²) in [6.45, 7) is 6.15. The number of aromatic nitrogens is 2. The fourth-order valence-corrected chi connectivity index (χ4v) is 2.68. The molecule has 1 saturated carbocycles. The number of imidazole rings is 1. The monoisotopic (exact) mass is 265 g/mol. The van der Waals surface area contributed by atoms with Crippen LogP contribution in [0.5, 0.6) is 0 Å². The molecule has 6 nitrogen and oxygen atoms in total. The molecule has 104 valence electrons. The van der Waals surface area contributed by atoms with Gasteiger partial charge in [-0.1, -0.05) is 13.8 Å². The summed E-state index contributed by atoms with van der Waals surface area (Å²) >= 11 is 0. The molecule has 2 rings (SSSR count). The van der Waals surface area contributed by atoms with Gasteiger partial charge in [-0.3, -0.25) is 9.59 Å². The van der Waals surface area contributed by atoms with Gasteiger partial charge in [-0.05, 0) is 12.3 Å². The Morgan fingerprint density at radius 2 is 2.16 bits per heavy atom. The first-order valence-electron chi connectivity index (χ1n) is 6.33. The molecule has 6 heteroatoms. The number of rotatable bonds is 5. The lowest BCUT2D eigenvalue weighted by atomic mass is 10.1. The van der Waals surface area contributed by atoms with Crippen molar-refractivity contribution in [2.45, 2.75) is 33.4 Å². The van der Waals surface area contributed by atoms with Crippen LogP contribution in [0.1, 0.15) is 20.8 Å². The molecule has 0 spiro atoms. The van der Waals surface area contributed by atoms with E-state index in [-0.39, 0.29) is 11.9 Å². The van der Waals surface area contributed by atoms with Crippen molar-refractivity contribution in [1.29, 1.82) is 0 Å². The van der Waals surface area contributed by atoms with E-state index in [0.717, 1.165) is 0 Å². The topological polar surface area (TPSA) is 84.2 Å². The van der Waals surface area contributed by atoms with E-state index in [2.05, 4.69) is 10.3 Å². The van der Waals surface area contributed by atoms with Crippen LogP contribution in [-0.2, 0) is 16.1 Å². The maximum Gasteiger partial charge on any atom is 0.307 e. The fourth-order valence-electron chi connectivity index (χ4n) is 2.68. The molecule has 0 aliphatic heterocycles. The lowest BCUT2D eigenvalue weighted by molar-refractivity contribution is -0.140. The van der Waals surface area contributed by atoms with Crippen LogP contribution in [0.3, 0.4) is 0 Å². The number of carboxylic acids is 1. The molecule has 1 aromatic heterocycles. The normalized spacial score (nSPS) is 25.6. The van der Waals surface area contributed by atoms with Crippen LogP contribution in [0, 0.1) is 17.3 Å². The first-order valence-corrected chi connectivity index (χ1v) is 6.33. The summed E-state index contributed by atoms with van der Waals surface area (Å²) in [5.74, 6) is -2.08. The van der Waals surface area contributed by atoms with E-state index in [4.69, 9.17) is 5.11 Å². The van der Waals surface area contributed by atoms with Gasteiger partial charge in [0.05, 0.1) is 18.2 Å². The molecule has 19 heavy (non-hydrogen) atoms. The molecule has 3 unspecified atom stereocenters. The van der Waals surface area contributed by atoms with E-state index >= 15 is 0 Å². The Balaban J connectivity index is 1.90. The molecule has 1 amide bonds. The van der Waals surface area contributed by atoms with Gasteiger partial charge in [-0.15, -0.1) is 0 Å². The van der Waals surface area contributed by atoms with E-state index in [1.807, 2.05) is 31.5 Å². The largest absolute Gasteiger partial charge is 0.481 e. The molecule has 1 aromatic rings. The average Bonchev–Trinajstić information content (AvgIpc) is 2.66. The zero-order chi connectivity index (χ0) is 14.2. The minimum absolute atomic E-state index is 0.0625. The fraction of sp³-hybridized carbons (Fsp3) is 0.615. The molecule has 0 bridgehead atoms. The molecule has 1 aliphatic rings. The lowest BCUT2D eigenvalue weighted by Crippen LogP contribution is -2.37. The third kappa shape index (κ3) is 2.62. The molecular weight excluding hydrogens is 246 g/mol. The Kier molecular flexibility index (Phi) is 3.34. The number of aliphatic carboxylic acids is 1. The summed E-state index contributed by atoms with van der Waals surface area (Å²) in [6, 6.07) is -0.0625. The Hall–Kier alpha value is -1.85. The third-order valence-corrected chi connectivity index (χ3v) is 3.81. The number of carboxylic acid groups (broad SMARTS) is 1. The predicted molar refractivity (Wildman–Crippen MR) is 68.2 cm³/mol. The van der Waals surface area contributed by atoms with Crippen molar-refractivity contribution >= 4 is 11.9 Å². The van der Waals surface area contributed by atoms with Gasteiger partial charge in [0.1, 0.15) is 0 Å². The Morgan fingerprint density at radius 3 is 2.63 bits per heavy atom. The van der Waals surface area contributed by atoms with Gasteiger partial charge < -0.3 is 15.0 Å². The van der Waals surface area contributed by atoms with E-state index in [9.17, 15) is 9.59 Å². The van der Waals surface area contributed by atoms with Gasteiger partial charge in [-0.25, -0.2) is 4.98 Å². The van der Waals surface area contributed by atoms with Crippen LogP contribution in [-0.4, -0.2) is 32.6 Å². The van der Waals surface area contributed by atoms with Crippen LogP contribution < -0.4 is 5.32 Å². The Labute approximate surface area is 111 Å². The highest BCUT2D eigenvalue weighted by molar-refractivity contribution is 5.91. The zero-order valence-corrected chi connectivity index (χ0v) is 11.3. The number of amides is 1. The average molecular weight is 265 g/mol. The van der Waals surface area contributed by atoms with Crippen molar-refractivity contribution in [3.05, 3.63) is 18.7 Å². The third-order valence-electron chi connectivity index (χ3n) is 3.81. The number of nitrogens with zero attached hydrogens (tertiary/aromatic N) is 2. The van der Waals surface area contributed by atoms with E-state index < -0.39 is 23.2 Å². The van der Waals surface area contributed by atoms with Crippen molar-refractivity contribution in [1.82, 2.24) is 14.9 Å². The Morgan fingerprint density at radius 1 is 1.47 bits per heavy atom. The highest BCUT2D eigenvalue weighted by Crippen LogP contribution is 2.58. The van der Waals surface area contributed by atoms with Crippen LogP contribution in [0.25, 0.3) is 0 Å². The van der Waals surface area contributed by atoms with Gasteiger partial charge in [0.25, 0.3) is 0 Å². The number of carbonyl (C=O) groups excluding carboxylic acids is 1. The number of hydrogen-bond acceptors (Lipinski definition) is 3. The molecule has 3 atom stereocenters. The minimum Gasteiger partial charge on any atom is -0.481 e. The van der Waals surface area contributed by atoms with Crippen LogP contribution in [0.15, 0.2) is 18.7 Å².